The Morgan fingerprint density at radius 1 is 0.938 bits per heavy atom. The third kappa shape index (κ3) is 5.74. The van der Waals surface area contributed by atoms with E-state index in [1.165, 1.54) is 50.2 Å². The third-order valence-electron chi connectivity index (χ3n) is 4.31. The molecule has 0 saturated heterocycles. The lowest BCUT2D eigenvalue weighted by atomic mass is 10.2. The first-order valence-electron chi connectivity index (χ1n) is 9.55. The van der Waals surface area contributed by atoms with E-state index in [-0.39, 0.29) is 16.4 Å². The summed E-state index contributed by atoms with van der Waals surface area (Å²) in [5.74, 6) is -0.735. The Labute approximate surface area is 184 Å². The lowest BCUT2D eigenvalue weighted by molar-refractivity contribution is -0.123. The second kappa shape index (κ2) is 9.66. The number of carbonyl (C=O) groups excluding carboxylic acids is 3. The van der Waals surface area contributed by atoms with Crippen molar-refractivity contribution in [1.82, 2.24) is 15.6 Å². The second-order valence-corrected chi connectivity index (χ2v) is 8.56. The fourth-order valence-corrected chi connectivity index (χ4v) is 3.96. The molecule has 0 bridgehead atoms. The number of ether oxygens (including phenoxy) is 2. The number of nitrogens with one attached hydrogen (secondary N) is 4. The van der Waals surface area contributed by atoms with Gasteiger partial charge in [0.1, 0.15) is 13.2 Å². The number of hydrogen-bond donors (Lipinski definition) is 4. The van der Waals surface area contributed by atoms with Crippen molar-refractivity contribution < 1.29 is 32.3 Å². The lowest BCUT2D eigenvalue weighted by Crippen LogP contribution is -2.51. The summed E-state index contributed by atoms with van der Waals surface area (Å²) in [6, 6.07) is 8.82. The van der Waals surface area contributed by atoms with Crippen LogP contribution in [0.4, 0.5) is 5.69 Å². The maximum atomic E-state index is 12.5. The van der Waals surface area contributed by atoms with Crippen molar-refractivity contribution >= 4 is 33.4 Å². The fourth-order valence-electron chi connectivity index (χ4n) is 2.76. The molecule has 0 aliphatic carbocycles. The van der Waals surface area contributed by atoms with Gasteiger partial charge in [0.25, 0.3) is 11.8 Å². The van der Waals surface area contributed by atoms with E-state index in [4.69, 9.17) is 9.47 Å². The molecular weight excluding hydrogens is 440 g/mol. The molecule has 0 fully saturated rings. The molecule has 170 valence electrons. The fraction of sp³-hybridized carbons (Fsp3) is 0.250. The minimum absolute atomic E-state index is 0.0911. The molecule has 12 heteroatoms. The average molecular weight is 462 g/mol. The van der Waals surface area contributed by atoms with E-state index < -0.39 is 27.9 Å². The molecular formula is C20H22N4O7S. The molecule has 11 nitrogen and oxygen atoms in total. The number of fused-ring (bicyclic) bond motifs is 1. The molecule has 0 radical (unpaired) electrons. The van der Waals surface area contributed by atoms with Crippen LogP contribution in [-0.4, -0.2) is 45.4 Å². The van der Waals surface area contributed by atoms with Gasteiger partial charge >= 0.3 is 0 Å². The summed E-state index contributed by atoms with van der Waals surface area (Å²) in [5.41, 5.74) is 5.07. The summed E-state index contributed by atoms with van der Waals surface area (Å²) in [5, 5.41) is 2.53. The van der Waals surface area contributed by atoms with E-state index in [0.29, 0.717) is 30.4 Å². The first-order valence-corrected chi connectivity index (χ1v) is 11.0. The van der Waals surface area contributed by atoms with Gasteiger partial charge in [-0.2, -0.15) is 4.72 Å². The lowest BCUT2D eigenvalue weighted by Gasteiger charge is -2.19. The average Bonchev–Trinajstić information content (AvgIpc) is 2.76. The zero-order valence-corrected chi connectivity index (χ0v) is 18.1. The summed E-state index contributed by atoms with van der Waals surface area (Å²) < 4.78 is 38.0. The molecule has 32 heavy (non-hydrogen) atoms. The van der Waals surface area contributed by atoms with Crippen molar-refractivity contribution in [2.75, 3.05) is 18.5 Å². The summed E-state index contributed by atoms with van der Waals surface area (Å²) in [6.07, 6.45) is 0. The smallest absolute Gasteiger partial charge is 0.269 e. The molecule has 3 amide bonds. The highest BCUT2D eigenvalue weighted by molar-refractivity contribution is 7.89. The minimum Gasteiger partial charge on any atom is -0.486 e. The Balaban J connectivity index is 1.56. The van der Waals surface area contributed by atoms with Crippen LogP contribution in [0.2, 0.25) is 0 Å². The number of carbonyl (C=O) groups is 3. The zero-order chi connectivity index (χ0) is 23.3. The summed E-state index contributed by atoms with van der Waals surface area (Å²) in [4.78, 5) is 35.5. The van der Waals surface area contributed by atoms with Crippen molar-refractivity contribution in [3.05, 3.63) is 48.0 Å². The van der Waals surface area contributed by atoms with E-state index in [2.05, 4.69) is 20.9 Å². The minimum atomic E-state index is -4.02. The van der Waals surface area contributed by atoms with Crippen LogP contribution in [0.1, 0.15) is 24.2 Å². The van der Waals surface area contributed by atoms with Gasteiger partial charge in [0.05, 0.1) is 10.9 Å². The first kappa shape index (κ1) is 23.0. The van der Waals surface area contributed by atoms with Gasteiger partial charge in [-0.3, -0.25) is 25.2 Å². The Bertz CT molecular complexity index is 1130. The van der Waals surface area contributed by atoms with E-state index in [1.807, 2.05) is 0 Å². The molecule has 1 heterocycles. The number of hydrazine groups is 1. The van der Waals surface area contributed by atoms with Gasteiger partial charge in [-0.1, -0.05) is 0 Å². The highest BCUT2D eigenvalue weighted by Gasteiger charge is 2.23. The van der Waals surface area contributed by atoms with Gasteiger partial charge in [-0.15, -0.1) is 0 Å². The zero-order valence-electron chi connectivity index (χ0n) is 17.3. The molecule has 1 aliphatic rings. The largest absolute Gasteiger partial charge is 0.486 e. The van der Waals surface area contributed by atoms with E-state index in [1.54, 1.807) is 6.07 Å². The second-order valence-electron chi connectivity index (χ2n) is 6.85. The molecule has 0 aromatic heterocycles. The van der Waals surface area contributed by atoms with Crippen LogP contribution in [0, 0.1) is 0 Å². The van der Waals surface area contributed by atoms with Crippen LogP contribution < -0.4 is 30.4 Å². The maximum absolute atomic E-state index is 12.5. The number of amides is 3. The van der Waals surface area contributed by atoms with Crippen molar-refractivity contribution in [2.24, 2.45) is 0 Å². The molecule has 0 unspecified atom stereocenters. The first-order chi connectivity index (χ1) is 15.2. The summed E-state index contributed by atoms with van der Waals surface area (Å²) in [6.45, 7) is 3.44. The van der Waals surface area contributed by atoms with Crippen LogP contribution in [-0.2, 0) is 19.6 Å². The van der Waals surface area contributed by atoms with Gasteiger partial charge < -0.3 is 14.8 Å². The third-order valence-corrected chi connectivity index (χ3v) is 5.87. The van der Waals surface area contributed by atoms with Crippen molar-refractivity contribution in [3.8, 4) is 11.5 Å². The van der Waals surface area contributed by atoms with Crippen LogP contribution in [0.3, 0.4) is 0 Å². The van der Waals surface area contributed by atoms with E-state index >= 15 is 0 Å². The van der Waals surface area contributed by atoms with Crippen molar-refractivity contribution in [1.29, 1.82) is 0 Å². The predicted molar refractivity (Wildman–Crippen MR) is 114 cm³/mol. The molecule has 1 atom stereocenters. The van der Waals surface area contributed by atoms with Crippen molar-refractivity contribution in [2.45, 2.75) is 24.8 Å². The summed E-state index contributed by atoms with van der Waals surface area (Å²) >= 11 is 0. The number of rotatable bonds is 6. The number of anilines is 1. The van der Waals surface area contributed by atoms with Gasteiger partial charge in [0, 0.05) is 18.2 Å². The molecule has 4 N–H and O–H groups in total. The van der Waals surface area contributed by atoms with Crippen molar-refractivity contribution in [3.63, 3.8) is 0 Å². The monoisotopic (exact) mass is 462 g/mol. The predicted octanol–water partition coefficient (Wildman–Crippen LogP) is 0.544. The van der Waals surface area contributed by atoms with E-state index in [0.717, 1.165) is 0 Å². The molecule has 2 aromatic carbocycles. The Hall–Kier alpha value is -3.64. The van der Waals surface area contributed by atoms with E-state index in [9.17, 15) is 22.8 Å². The standard InChI is InChI=1S/C20H22N4O7S/c1-12(24-32(28,29)16-6-4-15(5-7-16)21-13(2)25)19(26)22-23-20(27)14-3-8-17-18(11-14)31-10-9-30-17/h3-8,11-12,24H,9-10H2,1-2H3,(H,21,25)(H,22,26)(H,23,27)/t12-/m0/s1. The van der Waals surface area contributed by atoms with Gasteiger partial charge in [0.2, 0.25) is 15.9 Å². The molecule has 1 aliphatic heterocycles. The van der Waals surface area contributed by atoms with Crippen LogP contribution in [0.25, 0.3) is 0 Å². The highest BCUT2D eigenvalue weighted by atomic mass is 32.2. The van der Waals surface area contributed by atoms with Gasteiger partial charge in [-0.25, -0.2) is 8.42 Å². The number of benzene rings is 2. The Kier molecular flexibility index (Phi) is 6.95. The Morgan fingerprint density at radius 2 is 1.59 bits per heavy atom. The van der Waals surface area contributed by atoms with Gasteiger partial charge in [-0.05, 0) is 49.4 Å². The Morgan fingerprint density at radius 3 is 2.25 bits per heavy atom. The SMILES string of the molecule is CC(=O)Nc1ccc(S(=O)(=O)N[C@@H](C)C(=O)NNC(=O)c2ccc3c(c2)OCCO3)cc1. The molecule has 0 spiro atoms. The maximum Gasteiger partial charge on any atom is 0.269 e. The van der Waals surface area contributed by atoms with Crippen LogP contribution >= 0.6 is 0 Å². The quantitative estimate of drug-likeness (QED) is 0.457. The van der Waals surface area contributed by atoms with Crippen LogP contribution in [0.15, 0.2) is 47.4 Å². The highest BCUT2D eigenvalue weighted by Crippen LogP contribution is 2.30. The summed E-state index contributed by atoms with van der Waals surface area (Å²) in [7, 11) is -4.02. The number of sulfonamides is 1. The molecule has 3 rings (SSSR count). The van der Waals surface area contributed by atoms with Crippen LogP contribution in [0.5, 0.6) is 11.5 Å². The topological polar surface area (TPSA) is 152 Å². The van der Waals surface area contributed by atoms with Gasteiger partial charge in [0.15, 0.2) is 11.5 Å². The number of hydrogen-bond acceptors (Lipinski definition) is 7. The molecule has 2 aromatic rings. The normalized spacial score (nSPS) is 13.6. The molecule has 0 saturated carbocycles.